The second-order valence-electron chi connectivity index (χ2n) is 14.8. The highest BCUT2D eigenvalue weighted by Crippen LogP contribution is 2.52. The Labute approximate surface area is 285 Å². The number of aromatic hydroxyl groups is 4. The van der Waals surface area contributed by atoms with E-state index in [1.165, 1.54) is 23.3 Å². The van der Waals surface area contributed by atoms with E-state index in [9.17, 15) is 30.3 Å². The molecule has 48 heavy (non-hydrogen) atoms. The number of fused-ring (bicyclic) bond motifs is 10. The third kappa shape index (κ3) is 7.49. The lowest BCUT2D eigenvalue weighted by Gasteiger charge is -2.46. The van der Waals surface area contributed by atoms with Crippen molar-refractivity contribution >= 4 is 6.29 Å². The molecule has 6 bridgehead atoms. The minimum atomic E-state index is -1.14. The van der Waals surface area contributed by atoms with Gasteiger partial charge in [0.2, 0.25) is 0 Å². The number of hydrogen-bond acceptors (Lipinski definition) is 6. The fraction of sp³-hybridized carbons (Fsp3) is 0.452. The fourth-order valence-corrected chi connectivity index (χ4v) is 8.41. The molecule has 0 amide bonds. The zero-order valence-electron chi connectivity index (χ0n) is 28.9. The number of carbonyl (C=O) groups excluding carboxylic acids is 1. The predicted molar refractivity (Wildman–Crippen MR) is 191 cm³/mol. The Morgan fingerprint density at radius 2 is 1.58 bits per heavy atom. The molecule has 0 radical (unpaired) electrons. The minimum Gasteiger partial charge on any atom is -0.508 e. The molecule has 6 rings (SSSR count). The molecule has 4 aliphatic carbocycles. The molecule has 0 saturated carbocycles. The van der Waals surface area contributed by atoms with Crippen molar-refractivity contribution in [3.05, 3.63) is 105 Å². The summed E-state index contributed by atoms with van der Waals surface area (Å²) < 4.78 is 0. The van der Waals surface area contributed by atoms with E-state index in [0.29, 0.717) is 48.8 Å². The van der Waals surface area contributed by atoms with Gasteiger partial charge in [0.1, 0.15) is 35.4 Å². The van der Waals surface area contributed by atoms with Gasteiger partial charge in [-0.05, 0) is 134 Å². The second kappa shape index (κ2) is 14.6. The summed E-state index contributed by atoms with van der Waals surface area (Å²) in [6, 6.07) is 6.29. The zero-order valence-corrected chi connectivity index (χ0v) is 28.9. The van der Waals surface area contributed by atoms with E-state index in [-0.39, 0.29) is 46.3 Å². The molecule has 6 heteroatoms. The average Bonchev–Trinajstić information content (AvgIpc) is 3.01. The van der Waals surface area contributed by atoms with Gasteiger partial charge in [0.15, 0.2) is 0 Å². The molecule has 4 aliphatic rings. The van der Waals surface area contributed by atoms with Gasteiger partial charge in [-0.1, -0.05) is 58.7 Å². The normalized spacial score (nSPS) is 30.4. The summed E-state index contributed by atoms with van der Waals surface area (Å²) in [7, 11) is 0. The summed E-state index contributed by atoms with van der Waals surface area (Å²) in [6.45, 7) is 12.3. The van der Waals surface area contributed by atoms with Crippen molar-refractivity contribution in [1.29, 1.82) is 0 Å². The van der Waals surface area contributed by atoms with Gasteiger partial charge < -0.3 is 30.3 Å². The van der Waals surface area contributed by atoms with Crippen molar-refractivity contribution in [2.75, 3.05) is 0 Å². The number of aldehydes is 1. The summed E-state index contributed by atoms with van der Waals surface area (Å²) in [6.07, 6.45) is 15.1. The van der Waals surface area contributed by atoms with Crippen LogP contribution in [0.5, 0.6) is 23.0 Å². The van der Waals surface area contributed by atoms with Gasteiger partial charge in [0, 0.05) is 28.0 Å². The maximum absolute atomic E-state index is 13.6. The molecule has 0 saturated heterocycles. The van der Waals surface area contributed by atoms with Gasteiger partial charge in [0.05, 0.1) is 0 Å². The Morgan fingerprint density at radius 1 is 0.833 bits per heavy atom. The molecule has 2 unspecified atom stereocenters. The minimum absolute atomic E-state index is 0.0374. The highest BCUT2D eigenvalue weighted by atomic mass is 16.3. The van der Waals surface area contributed by atoms with Crippen molar-refractivity contribution in [1.82, 2.24) is 0 Å². The van der Waals surface area contributed by atoms with Gasteiger partial charge in [-0.2, -0.15) is 0 Å². The monoisotopic (exact) mass is 652 g/mol. The van der Waals surface area contributed by atoms with E-state index in [1.54, 1.807) is 18.2 Å². The lowest BCUT2D eigenvalue weighted by molar-refractivity contribution is -0.123. The van der Waals surface area contributed by atoms with Crippen molar-refractivity contribution < 1.29 is 30.3 Å². The van der Waals surface area contributed by atoms with Crippen molar-refractivity contribution in [2.24, 2.45) is 17.3 Å². The van der Waals surface area contributed by atoms with Crippen LogP contribution in [0, 0.1) is 17.3 Å². The van der Waals surface area contributed by atoms with E-state index < -0.39 is 11.5 Å². The lowest BCUT2D eigenvalue weighted by atomic mass is 9.56. The van der Waals surface area contributed by atoms with Crippen LogP contribution in [-0.4, -0.2) is 31.8 Å². The molecule has 0 aromatic heterocycles. The van der Waals surface area contributed by atoms with Crippen LogP contribution in [0.1, 0.15) is 113 Å². The highest BCUT2D eigenvalue weighted by molar-refractivity contribution is 5.63. The van der Waals surface area contributed by atoms with E-state index in [4.69, 9.17) is 0 Å². The first kappa shape index (κ1) is 35.3. The number of allylic oxidation sites excluding steroid dienone is 8. The van der Waals surface area contributed by atoms with Gasteiger partial charge in [-0.25, -0.2) is 0 Å². The van der Waals surface area contributed by atoms with Crippen molar-refractivity contribution in [3.63, 3.8) is 0 Å². The third-order valence-corrected chi connectivity index (χ3v) is 11.1. The molecule has 5 N–H and O–H groups in total. The van der Waals surface area contributed by atoms with Crippen molar-refractivity contribution in [2.45, 2.75) is 104 Å². The number of aliphatic hydroxyl groups excluding tert-OH is 1. The first-order valence-electron chi connectivity index (χ1n) is 17.4. The van der Waals surface area contributed by atoms with Crippen LogP contribution in [0.4, 0.5) is 0 Å². The molecule has 256 valence electrons. The van der Waals surface area contributed by atoms with Crippen LogP contribution in [0.15, 0.2) is 83.0 Å². The SMILES string of the molecule is C=C(C)C1CC/C(C)=C/CC[C@@]2(C=O)C(CC3=C[C@H]2C/C(C)=C/[C@H](O)c2cc(O)c(cc2O)C/C(C)=C\CC3)Cc2cc(O)cc1c2O. The molecule has 0 spiro atoms. The molecule has 2 aromatic carbocycles. The first-order chi connectivity index (χ1) is 22.8. The predicted octanol–water partition coefficient (Wildman–Crippen LogP) is 9.33. The maximum atomic E-state index is 13.6. The topological polar surface area (TPSA) is 118 Å². The number of aliphatic hydroxyl groups is 1. The Kier molecular flexibility index (Phi) is 10.7. The summed E-state index contributed by atoms with van der Waals surface area (Å²) >= 11 is 0. The number of benzene rings is 2. The van der Waals surface area contributed by atoms with Gasteiger partial charge in [-0.3, -0.25) is 0 Å². The van der Waals surface area contributed by atoms with E-state index in [2.05, 4.69) is 31.7 Å². The van der Waals surface area contributed by atoms with E-state index >= 15 is 0 Å². The maximum Gasteiger partial charge on any atom is 0.127 e. The number of hydrogen-bond donors (Lipinski definition) is 5. The standard InChI is InChI=1S/C42H52O6/c1-25(2)35-12-11-26(3)9-7-13-42(24-43)32-15-28(5)16-39(46)37-23-38(45)30(21-40(37)47)14-27(4)8-6-10-29(17-32)18-33(42)19-31-20-34(44)22-36(35)41(31)48/h8-9,16-17,20-24,32-33,35,39,44-48H,1,6-7,10-15,18-19H2,2-5H3/b26-9+,27-8-,28-16+/t32-,33?,35?,39+,42+/m1/s1. The Bertz CT molecular complexity index is 1690. The van der Waals surface area contributed by atoms with Gasteiger partial charge in [0.25, 0.3) is 0 Å². The molecule has 0 aliphatic heterocycles. The molecule has 6 nitrogen and oxygen atoms in total. The van der Waals surface area contributed by atoms with Crippen LogP contribution in [-0.2, 0) is 17.6 Å². The van der Waals surface area contributed by atoms with Gasteiger partial charge in [-0.15, -0.1) is 0 Å². The lowest BCUT2D eigenvalue weighted by Crippen LogP contribution is -2.43. The number of carbonyl (C=O) groups is 1. The third-order valence-electron chi connectivity index (χ3n) is 11.1. The summed E-state index contributed by atoms with van der Waals surface area (Å²) in [4.78, 5) is 13.6. The number of phenols is 4. The average molecular weight is 653 g/mol. The number of rotatable bonds is 2. The summed E-state index contributed by atoms with van der Waals surface area (Å²) in [5.41, 5.74) is 6.74. The second-order valence-corrected chi connectivity index (χ2v) is 14.8. The molecular formula is C42H52O6. The van der Waals surface area contributed by atoms with Crippen LogP contribution in [0.3, 0.4) is 0 Å². The van der Waals surface area contributed by atoms with Crippen molar-refractivity contribution in [3.8, 4) is 23.0 Å². The largest absolute Gasteiger partial charge is 0.508 e. The fourth-order valence-electron chi connectivity index (χ4n) is 8.41. The van der Waals surface area contributed by atoms with E-state index in [0.717, 1.165) is 55.1 Å². The van der Waals surface area contributed by atoms with Crippen LogP contribution < -0.4 is 0 Å². The molecule has 2 aromatic rings. The summed E-state index contributed by atoms with van der Waals surface area (Å²) in [5, 5.41) is 55.4. The molecule has 0 fully saturated rings. The van der Waals surface area contributed by atoms with Gasteiger partial charge >= 0.3 is 0 Å². The van der Waals surface area contributed by atoms with Crippen LogP contribution >= 0.6 is 0 Å². The summed E-state index contributed by atoms with van der Waals surface area (Å²) in [5.74, 6) is -0.166. The molecule has 5 atom stereocenters. The Balaban J connectivity index is 1.64. The van der Waals surface area contributed by atoms with Crippen LogP contribution in [0.25, 0.3) is 0 Å². The molecule has 0 heterocycles. The molecular weight excluding hydrogens is 600 g/mol. The highest BCUT2D eigenvalue weighted by Gasteiger charge is 2.47. The zero-order chi connectivity index (χ0) is 34.7. The van der Waals surface area contributed by atoms with Crippen LogP contribution in [0.2, 0.25) is 0 Å². The number of phenolic OH excluding ortho intramolecular Hbond substituents is 4. The van der Waals surface area contributed by atoms with E-state index in [1.807, 2.05) is 20.8 Å². The smallest absolute Gasteiger partial charge is 0.127 e. The first-order valence-corrected chi connectivity index (χ1v) is 17.4. The Morgan fingerprint density at radius 3 is 2.31 bits per heavy atom. The quantitative estimate of drug-likeness (QED) is 0.125. The Hall–Kier alpha value is -4.03.